The highest BCUT2D eigenvalue weighted by molar-refractivity contribution is 7.47. The average Bonchev–Trinajstić information content (AvgIpc) is 3.49. The molecule has 0 aromatic carbocycles. The summed E-state index contributed by atoms with van der Waals surface area (Å²) in [4.78, 5) is 72.2. The Labute approximate surface area is 517 Å². The van der Waals surface area contributed by atoms with E-state index >= 15 is 0 Å². The van der Waals surface area contributed by atoms with E-state index in [1.54, 1.807) is 0 Å². The summed E-state index contributed by atoms with van der Waals surface area (Å²) in [6.45, 7) is 9.43. The third kappa shape index (κ3) is 60.7. The lowest BCUT2D eigenvalue weighted by molar-refractivity contribution is -0.161. The first-order valence-corrected chi connectivity index (χ1v) is 37.5. The number of ether oxygens (including phenoxy) is 4. The Morgan fingerprint density at radius 1 is 0.318 bits per heavy atom. The van der Waals surface area contributed by atoms with Crippen LogP contribution in [0.4, 0.5) is 0 Å². The molecule has 17 nitrogen and oxygen atoms in total. The van der Waals surface area contributed by atoms with Crippen molar-refractivity contribution in [2.45, 2.75) is 349 Å². The van der Waals surface area contributed by atoms with Gasteiger partial charge in [-0.2, -0.15) is 0 Å². The van der Waals surface area contributed by atoms with Crippen molar-refractivity contribution in [2.24, 2.45) is 11.8 Å². The fourth-order valence-electron chi connectivity index (χ4n) is 9.88. The largest absolute Gasteiger partial charge is 0.472 e. The molecule has 0 aromatic rings. The van der Waals surface area contributed by atoms with Crippen molar-refractivity contribution < 1.29 is 80.2 Å². The number of phosphoric acid groups is 2. The molecule has 3 N–H and O–H groups in total. The summed E-state index contributed by atoms with van der Waals surface area (Å²) >= 11 is 0. The molecule has 5 atom stereocenters. The molecule has 0 rings (SSSR count). The van der Waals surface area contributed by atoms with Gasteiger partial charge in [-0.1, -0.05) is 279 Å². The third-order valence-electron chi connectivity index (χ3n) is 15.2. The number of aliphatic hydroxyl groups is 1. The smallest absolute Gasteiger partial charge is 0.462 e. The molecule has 0 saturated carbocycles. The van der Waals surface area contributed by atoms with E-state index in [0.717, 1.165) is 109 Å². The van der Waals surface area contributed by atoms with Crippen LogP contribution in [0.2, 0.25) is 0 Å². The molecule has 0 bridgehead atoms. The Morgan fingerprint density at radius 3 is 0.800 bits per heavy atom. The van der Waals surface area contributed by atoms with Crippen LogP contribution in [0.25, 0.3) is 0 Å². The van der Waals surface area contributed by atoms with Gasteiger partial charge < -0.3 is 33.8 Å². The molecule has 0 heterocycles. The Hall–Kier alpha value is -1.94. The molecule has 504 valence electrons. The molecule has 0 radical (unpaired) electrons. The molecule has 2 unspecified atom stereocenters. The van der Waals surface area contributed by atoms with Crippen molar-refractivity contribution in [3.8, 4) is 0 Å². The van der Waals surface area contributed by atoms with Gasteiger partial charge in [0.1, 0.15) is 19.3 Å². The van der Waals surface area contributed by atoms with E-state index < -0.39 is 97.5 Å². The van der Waals surface area contributed by atoms with E-state index in [1.165, 1.54) is 135 Å². The van der Waals surface area contributed by atoms with Gasteiger partial charge >= 0.3 is 39.5 Å². The van der Waals surface area contributed by atoms with Gasteiger partial charge in [0.25, 0.3) is 0 Å². The first kappa shape index (κ1) is 83.1. The summed E-state index contributed by atoms with van der Waals surface area (Å²) in [5.41, 5.74) is 0. The molecule has 0 amide bonds. The molecule has 0 fully saturated rings. The lowest BCUT2D eigenvalue weighted by atomic mass is 10.0. The molecule has 0 aliphatic carbocycles. The number of phosphoric ester groups is 2. The molecule has 85 heavy (non-hydrogen) atoms. The summed E-state index contributed by atoms with van der Waals surface area (Å²) in [6.07, 6.45) is 41.9. The standard InChI is InChI=1S/C66H128O17P2/c1-7-9-11-13-15-16-21-25-31-37-43-49-64(69)77-55-62(82-65(70)50-44-38-32-26-23-20-18-17-19-22-24-29-34-40-46-58(3)4)57-81-85(74,75)79-53-60(67)52-78-84(72,73)80-56-61(54-76-63(68)48-42-36-28-14-12-10-8-2)83-66(71)51-45-39-33-27-30-35-41-47-59(5)6/h58-62,67H,7-57H2,1-6H3,(H,72,73)(H,74,75)/t60-,61+,62+/m0/s1. The zero-order valence-electron chi connectivity index (χ0n) is 54.9. The first-order valence-electron chi connectivity index (χ1n) is 34.5. The molecule has 19 heteroatoms. The number of carbonyl (C=O) groups is 4. The van der Waals surface area contributed by atoms with Crippen molar-refractivity contribution in [3.05, 3.63) is 0 Å². The number of hydrogen-bond acceptors (Lipinski definition) is 15. The van der Waals surface area contributed by atoms with Crippen LogP contribution in [-0.4, -0.2) is 96.7 Å². The van der Waals surface area contributed by atoms with Crippen LogP contribution in [0.1, 0.15) is 330 Å². The van der Waals surface area contributed by atoms with Crippen molar-refractivity contribution in [1.29, 1.82) is 0 Å². The van der Waals surface area contributed by atoms with E-state index in [9.17, 15) is 43.2 Å². The predicted molar refractivity (Wildman–Crippen MR) is 340 cm³/mol. The Bertz CT molecular complexity index is 1670. The average molecular weight is 1260 g/mol. The topological polar surface area (TPSA) is 237 Å². The van der Waals surface area contributed by atoms with Crippen molar-refractivity contribution in [1.82, 2.24) is 0 Å². The van der Waals surface area contributed by atoms with Crippen LogP contribution in [0, 0.1) is 11.8 Å². The van der Waals surface area contributed by atoms with Crippen LogP contribution in [0.5, 0.6) is 0 Å². The Morgan fingerprint density at radius 2 is 0.541 bits per heavy atom. The van der Waals surface area contributed by atoms with Gasteiger partial charge in [-0.3, -0.25) is 37.3 Å². The van der Waals surface area contributed by atoms with E-state index in [0.29, 0.717) is 31.6 Å². The molecule has 0 aromatic heterocycles. The lowest BCUT2D eigenvalue weighted by Gasteiger charge is -2.21. The maximum atomic E-state index is 13.0. The first-order chi connectivity index (χ1) is 40.9. The van der Waals surface area contributed by atoms with Gasteiger partial charge in [0.2, 0.25) is 0 Å². The quantitative estimate of drug-likeness (QED) is 0.0222. The summed E-state index contributed by atoms with van der Waals surface area (Å²) in [5, 5.41) is 10.5. The SMILES string of the molecule is CCCCCCCCCCCCCC(=O)OC[C@H](COP(=O)(O)OC[C@@H](O)COP(=O)(O)OC[C@@H](COC(=O)CCCCCCCCC)OC(=O)CCCCCCCCCC(C)C)OC(=O)CCCCCCCCCCCCCCCCC(C)C. The number of esters is 4. The van der Waals surface area contributed by atoms with Crippen LogP contribution in [0.15, 0.2) is 0 Å². The minimum absolute atomic E-state index is 0.103. The summed E-state index contributed by atoms with van der Waals surface area (Å²) in [6, 6.07) is 0. The van der Waals surface area contributed by atoms with Gasteiger partial charge in [-0.05, 0) is 37.5 Å². The van der Waals surface area contributed by atoms with Crippen LogP contribution in [0.3, 0.4) is 0 Å². The maximum absolute atomic E-state index is 13.0. The van der Waals surface area contributed by atoms with E-state index in [1.807, 2.05) is 0 Å². The van der Waals surface area contributed by atoms with Crippen molar-refractivity contribution >= 4 is 39.5 Å². The highest BCUT2D eigenvalue weighted by Gasteiger charge is 2.30. The summed E-state index contributed by atoms with van der Waals surface area (Å²) in [5.74, 6) is -0.645. The number of aliphatic hydroxyl groups excluding tert-OH is 1. The minimum Gasteiger partial charge on any atom is -0.462 e. The highest BCUT2D eigenvalue weighted by atomic mass is 31.2. The Kier molecular flexibility index (Phi) is 57.1. The number of unbranched alkanes of at least 4 members (excludes halogenated alkanes) is 35. The second-order valence-electron chi connectivity index (χ2n) is 24.8. The predicted octanol–water partition coefficient (Wildman–Crippen LogP) is 18.4. The van der Waals surface area contributed by atoms with Crippen molar-refractivity contribution in [2.75, 3.05) is 39.6 Å². The Balaban J connectivity index is 5.19. The molecular weight excluding hydrogens is 1130 g/mol. The van der Waals surface area contributed by atoms with Gasteiger partial charge in [-0.15, -0.1) is 0 Å². The molecule has 0 saturated heterocycles. The lowest BCUT2D eigenvalue weighted by Crippen LogP contribution is -2.30. The van der Waals surface area contributed by atoms with Crippen molar-refractivity contribution in [3.63, 3.8) is 0 Å². The number of rotatable bonds is 65. The van der Waals surface area contributed by atoms with Gasteiger partial charge in [0, 0.05) is 25.7 Å². The van der Waals surface area contributed by atoms with E-state index in [2.05, 4.69) is 41.5 Å². The van der Waals surface area contributed by atoms with Crippen LogP contribution >= 0.6 is 15.6 Å². The fourth-order valence-corrected chi connectivity index (χ4v) is 11.5. The van der Waals surface area contributed by atoms with Crippen LogP contribution in [-0.2, 0) is 65.4 Å². The molecule has 0 aliphatic heterocycles. The molecule has 0 aliphatic rings. The second kappa shape index (κ2) is 58.4. The summed E-state index contributed by atoms with van der Waals surface area (Å²) in [7, 11) is -9.89. The number of hydrogen-bond donors (Lipinski definition) is 3. The summed E-state index contributed by atoms with van der Waals surface area (Å²) < 4.78 is 68.0. The second-order valence-corrected chi connectivity index (χ2v) is 27.7. The van der Waals surface area contributed by atoms with Gasteiger partial charge in [0.05, 0.1) is 26.4 Å². The van der Waals surface area contributed by atoms with E-state index in [4.69, 9.17) is 37.0 Å². The van der Waals surface area contributed by atoms with Crippen LogP contribution < -0.4 is 0 Å². The zero-order valence-corrected chi connectivity index (χ0v) is 56.7. The zero-order chi connectivity index (χ0) is 62.9. The monoisotopic (exact) mass is 1250 g/mol. The molecular formula is C66H128O17P2. The third-order valence-corrected chi connectivity index (χ3v) is 17.1. The van der Waals surface area contributed by atoms with E-state index in [-0.39, 0.29) is 25.7 Å². The van der Waals surface area contributed by atoms with Gasteiger partial charge in [0.15, 0.2) is 12.2 Å². The maximum Gasteiger partial charge on any atom is 0.472 e. The number of carbonyl (C=O) groups excluding carboxylic acids is 4. The fraction of sp³-hybridized carbons (Fsp3) is 0.939. The highest BCUT2D eigenvalue weighted by Crippen LogP contribution is 2.45. The minimum atomic E-state index is -4.95. The normalized spacial score (nSPS) is 14.2. The molecule has 0 spiro atoms. The van der Waals surface area contributed by atoms with Gasteiger partial charge in [-0.25, -0.2) is 9.13 Å².